The van der Waals surface area contributed by atoms with E-state index in [-0.39, 0.29) is 5.56 Å². The Balaban J connectivity index is 2.04. The van der Waals surface area contributed by atoms with Crippen molar-refractivity contribution in [1.82, 2.24) is 5.43 Å². The van der Waals surface area contributed by atoms with Crippen molar-refractivity contribution < 1.29 is 13.6 Å². The SMILES string of the molecule is O=C(NN=Cc1cccc(F)c1F)c1ccc(Cl)cc1. The summed E-state index contributed by atoms with van der Waals surface area (Å²) in [5.41, 5.74) is 2.51. The highest BCUT2D eigenvalue weighted by Gasteiger charge is 2.06. The molecule has 0 aliphatic carbocycles. The average molecular weight is 295 g/mol. The minimum Gasteiger partial charge on any atom is -0.267 e. The number of hydrogen-bond donors (Lipinski definition) is 1. The lowest BCUT2D eigenvalue weighted by Crippen LogP contribution is -2.17. The van der Waals surface area contributed by atoms with Gasteiger partial charge < -0.3 is 0 Å². The molecule has 0 saturated carbocycles. The summed E-state index contributed by atoms with van der Waals surface area (Å²) < 4.78 is 26.2. The third-order valence-electron chi connectivity index (χ3n) is 2.46. The van der Waals surface area contributed by atoms with Gasteiger partial charge in [-0.3, -0.25) is 4.79 Å². The highest BCUT2D eigenvalue weighted by atomic mass is 35.5. The number of carbonyl (C=O) groups excluding carboxylic acids is 1. The molecule has 0 fully saturated rings. The number of hydrogen-bond acceptors (Lipinski definition) is 2. The van der Waals surface area contributed by atoms with Crippen molar-refractivity contribution in [2.24, 2.45) is 5.10 Å². The molecule has 0 bridgehead atoms. The second-order valence-corrected chi connectivity index (χ2v) is 4.29. The van der Waals surface area contributed by atoms with E-state index in [0.717, 1.165) is 12.3 Å². The van der Waals surface area contributed by atoms with Crippen LogP contribution in [0.1, 0.15) is 15.9 Å². The molecule has 1 amide bonds. The van der Waals surface area contributed by atoms with E-state index in [4.69, 9.17) is 11.6 Å². The predicted octanol–water partition coefficient (Wildman–Crippen LogP) is 3.38. The van der Waals surface area contributed by atoms with Gasteiger partial charge in [-0.05, 0) is 30.3 Å². The summed E-state index contributed by atoms with van der Waals surface area (Å²) in [7, 11) is 0. The van der Waals surface area contributed by atoms with E-state index in [9.17, 15) is 13.6 Å². The largest absolute Gasteiger partial charge is 0.271 e. The molecule has 3 nitrogen and oxygen atoms in total. The van der Waals surface area contributed by atoms with E-state index in [2.05, 4.69) is 10.5 Å². The van der Waals surface area contributed by atoms with Crippen LogP contribution in [0.5, 0.6) is 0 Å². The molecule has 0 atom stereocenters. The Hall–Kier alpha value is -2.27. The van der Waals surface area contributed by atoms with Gasteiger partial charge >= 0.3 is 0 Å². The van der Waals surface area contributed by atoms with Gasteiger partial charge in [0.15, 0.2) is 11.6 Å². The van der Waals surface area contributed by atoms with Gasteiger partial charge in [0.05, 0.1) is 6.21 Å². The summed E-state index contributed by atoms with van der Waals surface area (Å²) in [5.74, 6) is -2.47. The van der Waals surface area contributed by atoms with Gasteiger partial charge in [0, 0.05) is 16.1 Å². The first-order valence-corrected chi connectivity index (χ1v) is 5.98. The maximum Gasteiger partial charge on any atom is 0.271 e. The molecule has 0 unspecified atom stereocenters. The average Bonchev–Trinajstić information content (AvgIpc) is 2.44. The molecule has 0 aromatic heterocycles. The van der Waals surface area contributed by atoms with Crippen LogP contribution in [0.15, 0.2) is 47.6 Å². The molecule has 0 saturated heterocycles. The van der Waals surface area contributed by atoms with Crippen molar-refractivity contribution in [1.29, 1.82) is 0 Å². The summed E-state index contributed by atoms with van der Waals surface area (Å²) in [6.07, 6.45) is 1.03. The van der Waals surface area contributed by atoms with Crippen molar-refractivity contribution in [3.8, 4) is 0 Å². The van der Waals surface area contributed by atoms with Crippen molar-refractivity contribution in [3.63, 3.8) is 0 Å². The molecule has 2 rings (SSSR count). The van der Waals surface area contributed by atoms with Crippen LogP contribution in [0.2, 0.25) is 5.02 Å². The molecule has 0 heterocycles. The first kappa shape index (κ1) is 14.1. The van der Waals surface area contributed by atoms with Gasteiger partial charge in [-0.1, -0.05) is 23.7 Å². The van der Waals surface area contributed by atoms with Crippen LogP contribution in [0.4, 0.5) is 8.78 Å². The maximum atomic E-state index is 13.3. The molecule has 20 heavy (non-hydrogen) atoms. The van der Waals surface area contributed by atoms with Crippen LogP contribution >= 0.6 is 11.6 Å². The van der Waals surface area contributed by atoms with Gasteiger partial charge in [-0.25, -0.2) is 14.2 Å². The van der Waals surface area contributed by atoms with Crippen molar-refractivity contribution in [2.75, 3.05) is 0 Å². The lowest BCUT2D eigenvalue weighted by Gasteiger charge is -2.00. The summed E-state index contributed by atoms with van der Waals surface area (Å²) >= 11 is 5.69. The summed E-state index contributed by atoms with van der Waals surface area (Å²) in [4.78, 5) is 11.7. The molecule has 0 aliphatic heterocycles. The standard InChI is InChI=1S/C14H9ClF2N2O/c15-11-6-4-9(5-7-11)14(20)19-18-8-10-2-1-3-12(16)13(10)17/h1-8H,(H,19,20). The Labute approximate surface area is 118 Å². The minimum absolute atomic E-state index is 0.0543. The molecule has 0 radical (unpaired) electrons. The Morgan fingerprint density at radius 2 is 1.85 bits per heavy atom. The van der Waals surface area contributed by atoms with E-state index in [1.165, 1.54) is 24.3 Å². The summed E-state index contributed by atoms with van der Waals surface area (Å²) in [6, 6.07) is 9.86. The molecule has 1 N–H and O–H groups in total. The fraction of sp³-hybridized carbons (Fsp3) is 0. The Kier molecular flexibility index (Phi) is 4.42. The van der Waals surface area contributed by atoms with Crippen molar-refractivity contribution in [2.45, 2.75) is 0 Å². The number of rotatable bonds is 3. The molecule has 0 spiro atoms. The molecule has 0 aliphatic rings. The number of halogens is 3. The number of benzene rings is 2. The zero-order valence-electron chi connectivity index (χ0n) is 10.1. The van der Waals surface area contributed by atoms with Gasteiger partial charge in [-0.2, -0.15) is 5.10 Å². The Morgan fingerprint density at radius 3 is 2.55 bits per heavy atom. The van der Waals surface area contributed by atoms with Crippen LogP contribution in [-0.4, -0.2) is 12.1 Å². The highest BCUT2D eigenvalue weighted by molar-refractivity contribution is 6.30. The second-order valence-electron chi connectivity index (χ2n) is 3.85. The maximum absolute atomic E-state index is 13.3. The smallest absolute Gasteiger partial charge is 0.267 e. The molecule has 102 valence electrons. The van der Waals surface area contributed by atoms with Gasteiger partial charge in [0.1, 0.15) is 0 Å². The Bertz CT molecular complexity index is 657. The van der Waals surface area contributed by atoms with Crippen LogP contribution < -0.4 is 5.43 Å². The number of carbonyl (C=O) groups is 1. The van der Waals surface area contributed by atoms with Crippen LogP contribution in [0, 0.1) is 11.6 Å². The van der Waals surface area contributed by atoms with Crippen LogP contribution in [0.25, 0.3) is 0 Å². The quantitative estimate of drug-likeness (QED) is 0.684. The third-order valence-corrected chi connectivity index (χ3v) is 2.71. The monoisotopic (exact) mass is 294 g/mol. The molecule has 2 aromatic carbocycles. The van der Waals surface area contributed by atoms with Crippen molar-refractivity contribution in [3.05, 3.63) is 70.2 Å². The van der Waals surface area contributed by atoms with E-state index >= 15 is 0 Å². The lowest BCUT2D eigenvalue weighted by atomic mass is 10.2. The zero-order valence-corrected chi connectivity index (χ0v) is 10.9. The topological polar surface area (TPSA) is 41.5 Å². The Morgan fingerprint density at radius 1 is 1.15 bits per heavy atom. The van der Waals surface area contributed by atoms with E-state index in [0.29, 0.717) is 10.6 Å². The van der Waals surface area contributed by atoms with Gasteiger partial charge in [0.25, 0.3) is 5.91 Å². The van der Waals surface area contributed by atoms with E-state index in [1.54, 1.807) is 12.1 Å². The second kappa shape index (κ2) is 6.25. The first-order chi connectivity index (χ1) is 9.58. The fourth-order valence-corrected chi connectivity index (χ4v) is 1.57. The normalized spacial score (nSPS) is 10.8. The lowest BCUT2D eigenvalue weighted by molar-refractivity contribution is 0.0955. The molecule has 6 heteroatoms. The van der Waals surface area contributed by atoms with E-state index < -0.39 is 17.5 Å². The number of amides is 1. The third kappa shape index (κ3) is 3.39. The number of hydrazone groups is 1. The molecular formula is C14H9ClF2N2O. The minimum atomic E-state index is -1.02. The highest BCUT2D eigenvalue weighted by Crippen LogP contribution is 2.10. The molecule has 2 aromatic rings. The first-order valence-electron chi connectivity index (χ1n) is 5.61. The van der Waals surface area contributed by atoms with Crippen LogP contribution in [-0.2, 0) is 0 Å². The number of nitrogens with zero attached hydrogens (tertiary/aromatic N) is 1. The molecular weight excluding hydrogens is 286 g/mol. The van der Waals surface area contributed by atoms with Crippen molar-refractivity contribution >= 4 is 23.7 Å². The van der Waals surface area contributed by atoms with Crippen LogP contribution in [0.3, 0.4) is 0 Å². The fourth-order valence-electron chi connectivity index (χ4n) is 1.45. The summed E-state index contributed by atoms with van der Waals surface area (Å²) in [6.45, 7) is 0. The number of nitrogens with one attached hydrogen (secondary N) is 1. The summed E-state index contributed by atoms with van der Waals surface area (Å²) in [5, 5.41) is 4.08. The van der Waals surface area contributed by atoms with E-state index in [1.807, 2.05) is 0 Å². The predicted molar refractivity (Wildman–Crippen MR) is 72.9 cm³/mol. The van der Waals surface area contributed by atoms with Gasteiger partial charge in [0.2, 0.25) is 0 Å². The zero-order chi connectivity index (χ0) is 14.5. The van der Waals surface area contributed by atoms with Gasteiger partial charge in [-0.15, -0.1) is 0 Å².